The van der Waals surface area contributed by atoms with Crippen LogP contribution in [0.4, 0.5) is 0 Å². The van der Waals surface area contributed by atoms with Crippen LogP contribution in [0.2, 0.25) is 0 Å². The number of hydrogen-bond donors (Lipinski definition) is 2. The number of rotatable bonds is 9. The van der Waals surface area contributed by atoms with E-state index in [0.717, 1.165) is 56.6 Å². The SMILES string of the molecule is CCNC(=NCC(C)Oc1cccc(OC)c1)NCCC1=CCOCC1. The van der Waals surface area contributed by atoms with Crippen molar-refractivity contribution in [2.75, 3.05) is 40.0 Å². The first-order valence-electron chi connectivity index (χ1n) is 9.29. The molecule has 0 aromatic heterocycles. The first-order chi connectivity index (χ1) is 12.7. The van der Waals surface area contributed by atoms with E-state index in [9.17, 15) is 0 Å². The molecule has 0 fully saturated rings. The van der Waals surface area contributed by atoms with Crippen LogP contribution in [0.1, 0.15) is 26.7 Å². The Kier molecular flexibility index (Phi) is 8.83. The number of methoxy groups -OCH3 is 1. The van der Waals surface area contributed by atoms with Gasteiger partial charge in [0.2, 0.25) is 0 Å². The Bertz CT molecular complexity index is 602. The van der Waals surface area contributed by atoms with Gasteiger partial charge >= 0.3 is 0 Å². The molecule has 26 heavy (non-hydrogen) atoms. The number of ether oxygens (including phenoxy) is 3. The Morgan fingerprint density at radius 2 is 2.15 bits per heavy atom. The highest BCUT2D eigenvalue weighted by Crippen LogP contribution is 2.19. The van der Waals surface area contributed by atoms with Gasteiger partial charge < -0.3 is 24.8 Å². The second-order valence-corrected chi connectivity index (χ2v) is 6.19. The third-order valence-electron chi connectivity index (χ3n) is 4.03. The van der Waals surface area contributed by atoms with Crippen molar-refractivity contribution >= 4 is 5.96 Å². The van der Waals surface area contributed by atoms with Gasteiger partial charge in [-0.3, -0.25) is 0 Å². The molecule has 6 nitrogen and oxygen atoms in total. The van der Waals surface area contributed by atoms with Gasteiger partial charge in [0, 0.05) is 19.2 Å². The van der Waals surface area contributed by atoms with Crippen molar-refractivity contribution in [3.05, 3.63) is 35.9 Å². The zero-order valence-electron chi connectivity index (χ0n) is 16.1. The summed E-state index contributed by atoms with van der Waals surface area (Å²) in [7, 11) is 1.65. The highest BCUT2D eigenvalue weighted by molar-refractivity contribution is 5.79. The molecule has 2 rings (SSSR count). The molecule has 1 unspecified atom stereocenters. The van der Waals surface area contributed by atoms with Gasteiger partial charge in [-0.15, -0.1) is 0 Å². The lowest BCUT2D eigenvalue weighted by Crippen LogP contribution is -2.38. The van der Waals surface area contributed by atoms with Gasteiger partial charge in [-0.25, -0.2) is 4.99 Å². The number of hydrogen-bond acceptors (Lipinski definition) is 4. The van der Waals surface area contributed by atoms with Crippen molar-refractivity contribution in [3.63, 3.8) is 0 Å². The summed E-state index contributed by atoms with van der Waals surface area (Å²) in [5.74, 6) is 2.40. The van der Waals surface area contributed by atoms with Crippen molar-refractivity contribution in [3.8, 4) is 11.5 Å². The Morgan fingerprint density at radius 1 is 1.31 bits per heavy atom. The molecule has 1 aliphatic rings. The van der Waals surface area contributed by atoms with Crippen molar-refractivity contribution in [2.45, 2.75) is 32.8 Å². The lowest BCUT2D eigenvalue weighted by Gasteiger charge is -2.17. The summed E-state index contributed by atoms with van der Waals surface area (Å²) in [5, 5.41) is 6.66. The third-order valence-corrected chi connectivity index (χ3v) is 4.03. The lowest BCUT2D eigenvalue weighted by molar-refractivity contribution is 0.153. The minimum Gasteiger partial charge on any atom is -0.497 e. The monoisotopic (exact) mass is 361 g/mol. The maximum atomic E-state index is 5.92. The fourth-order valence-electron chi connectivity index (χ4n) is 2.64. The van der Waals surface area contributed by atoms with E-state index in [4.69, 9.17) is 14.2 Å². The fraction of sp³-hybridized carbons (Fsp3) is 0.550. The fourth-order valence-corrected chi connectivity index (χ4v) is 2.64. The number of aliphatic imine (C=N–C) groups is 1. The molecule has 1 atom stereocenters. The molecule has 0 saturated heterocycles. The summed E-state index contributed by atoms with van der Waals surface area (Å²) in [6.07, 6.45) is 4.19. The molecule has 6 heteroatoms. The Morgan fingerprint density at radius 3 is 2.88 bits per heavy atom. The van der Waals surface area contributed by atoms with E-state index in [0.29, 0.717) is 6.54 Å². The highest BCUT2D eigenvalue weighted by atomic mass is 16.5. The summed E-state index contributed by atoms with van der Waals surface area (Å²) in [6.45, 7) is 7.91. The molecule has 0 saturated carbocycles. The Hall–Kier alpha value is -2.21. The predicted octanol–water partition coefficient (Wildman–Crippen LogP) is 2.75. The van der Waals surface area contributed by atoms with E-state index in [1.165, 1.54) is 5.57 Å². The van der Waals surface area contributed by atoms with E-state index >= 15 is 0 Å². The molecular formula is C20H31N3O3. The van der Waals surface area contributed by atoms with Crippen LogP contribution in [0.5, 0.6) is 11.5 Å². The molecule has 1 aromatic rings. The molecule has 2 N–H and O–H groups in total. The van der Waals surface area contributed by atoms with E-state index in [1.54, 1.807) is 7.11 Å². The van der Waals surface area contributed by atoms with Gasteiger partial charge in [-0.1, -0.05) is 17.7 Å². The van der Waals surface area contributed by atoms with Crippen molar-refractivity contribution < 1.29 is 14.2 Å². The van der Waals surface area contributed by atoms with Crippen molar-refractivity contribution in [1.29, 1.82) is 0 Å². The van der Waals surface area contributed by atoms with Gasteiger partial charge in [0.25, 0.3) is 0 Å². The van der Waals surface area contributed by atoms with Crippen LogP contribution in [-0.2, 0) is 4.74 Å². The molecule has 0 aliphatic carbocycles. The minimum absolute atomic E-state index is 0.0317. The van der Waals surface area contributed by atoms with E-state index in [1.807, 2.05) is 31.2 Å². The molecule has 0 spiro atoms. The van der Waals surface area contributed by atoms with Gasteiger partial charge in [0.05, 0.1) is 26.9 Å². The van der Waals surface area contributed by atoms with Gasteiger partial charge in [0.1, 0.15) is 17.6 Å². The zero-order valence-corrected chi connectivity index (χ0v) is 16.1. The van der Waals surface area contributed by atoms with Crippen LogP contribution in [0, 0.1) is 0 Å². The van der Waals surface area contributed by atoms with E-state index < -0.39 is 0 Å². The first kappa shape index (κ1) is 20.1. The van der Waals surface area contributed by atoms with E-state index in [2.05, 4.69) is 28.6 Å². The van der Waals surface area contributed by atoms with Gasteiger partial charge in [-0.2, -0.15) is 0 Å². The van der Waals surface area contributed by atoms with Crippen molar-refractivity contribution in [1.82, 2.24) is 10.6 Å². The molecule has 1 heterocycles. The van der Waals surface area contributed by atoms with Crippen molar-refractivity contribution in [2.24, 2.45) is 4.99 Å². The maximum Gasteiger partial charge on any atom is 0.191 e. The summed E-state index contributed by atoms with van der Waals surface area (Å²) in [6, 6.07) is 7.62. The molecule has 0 amide bonds. The Balaban J connectivity index is 1.79. The summed E-state index contributed by atoms with van der Waals surface area (Å²) >= 11 is 0. The van der Waals surface area contributed by atoms with Crippen LogP contribution in [-0.4, -0.2) is 52.0 Å². The third kappa shape index (κ3) is 7.35. The van der Waals surface area contributed by atoms with Crippen LogP contribution in [0.3, 0.4) is 0 Å². The number of benzene rings is 1. The first-order valence-corrected chi connectivity index (χ1v) is 9.29. The van der Waals surface area contributed by atoms with Gasteiger partial charge in [-0.05, 0) is 38.8 Å². The van der Waals surface area contributed by atoms with Crippen LogP contribution in [0.25, 0.3) is 0 Å². The molecule has 0 radical (unpaired) electrons. The minimum atomic E-state index is -0.0317. The molecule has 0 bridgehead atoms. The molecule has 1 aliphatic heterocycles. The summed E-state index contributed by atoms with van der Waals surface area (Å²) < 4.78 is 16.5. The Labute approximate surface area is 156 Å². The molecular weight excluding hydrogens is 330 g/mol. The number of nitrogens with zero attached hydrogens (tertiary/aromatic N) is 1. The molecule has 144 valence electrons. The average Bonchev–Trinajstić information content (AvgIpc) is 2.67. The van der Waals surface area contributed by atoms with Crippen LogP contribution < -0.4 is 20.1 Å². The topological polar surface area (TPSA) is 64.1 Å². The van der Waals surface area contributed by atoms with Gasteiger partial charge in [0.15, 0.2) is 5.96 Å². The average molecular weight is 361 g/mol. The predicted molar refractivity (Wildman–Crippen MR) is 105 cm³/mol. The maximum absolute atomic E-state index is 5.92. The second kappa shape index (κ2) is 11.4. The highest BCUT2D eigenvalue weighted by Gasteiger charge is 2.07. The number of guanidine groups is 1. The smallest absolute Gasteiger partial charge is 0.191 e. The summed E-state index contributed by atoms with van der Waals surface area (Å²) in [4.78, 5) is 4.63. The quantitative estimate of drug-likeness (QED) is 0.402. The largest absolute Gasteiger partial charge is 0.497 e. The standard InChI is InChI=1S/C20H31N3O3/c1-4-21-20(22-11-8-17-9-12-25-13-10-17)23-15-16(2)26-19-7-5-6-18(14-19)24-3/h5-7,9,14,16H,4,8,10-13,15H2,1-3H3,(H2,21,22,23). The van der Waals surface area contributed by atoms with E-state index in [-0.39, 0.29) is 6.10 Å². The lowest BCUT2D eigenvalue weighted by atomic mass is 10.1. The second-order valence-electron chi connectivity index (χ2n) is 6.19. The number of nitrogens with one attached hydrogen (secondary N) is 2. The molecule has 1 aromatic carbocycles. The normalized spacial score (nSPS) is 15.8. The summed E-state index contributed by atoms with van der Waals surface area (Å²) in [5.41, 5.74) is 1.45. The zero-order chi connectivity index (χ0) is 18.6. The van der Waals surface area contributed by atoms with Crippen LogP contribution in [0.15, 0.2) is 40.9 Å². The van der Waals surface area contributed by atoms with Crippen LogP contribution >= 0.6 is 0 Å².